The van der Waals surface area contributed by atoms with Crippen molar-refractivity contribution in [2.45, 2.75) is 58.1 Å². The molecule has 1 aliphatic carbocycles. The highest BCUT2D eigenvalue weighted by molar-refractivity contribution is 14.0. The van der Waals surface area contributed by atoms with Crippen LogP contribution < -0.4 is 5.32 Å². The Hall–Kier alpha value is -1.55. The number of aromatic hydroxyl groups is 1. The molecule has 0 bridgehead atoms. The Balaban J connectivity index is 0.00000272. The molecular formula is C23H35IN4O3. The summed E-state index contributed by atoms with van der Waals surface area (Å²) in [6, 6.07) is 3.88. The number of nitrogens with one attached hydrogen (secondary N) is 1. The molecule has 1 aromatic rings. The smallest absolute Gasteiger partial charge is 0.251 e. The summed E-state index contributed by atoms with van der Waals surface area (Å²) in [5, 5.41) is 13.8. The van der Waals surface area contributed by atoms with Crippen molar-refractivity contribution in [2.75, 3.05) is 39.3 Å². The molecule has 0 radical (unpaired) electrons. The predicted octanol–water partition coefficient (Wildman–Crippen LogP) is 2.68. The van der Waals surface area contributed by atoms with Gasteiger partial charge in [0.2, 0.25) is 0 Å². The van der Waals surface area contributed by atoms with Crippen LogP contribution in [0.1, 0.15) is 49.3 Å². The minimum atomic E-state index is -0.245. The van der Waals surface area contributed by atoms with Gasteiger partial charge in [0.1, 0.15) is 11.9 Å². The van der Waals surface area contributed by atoms with Crippen LogP contribution in [0.5, 0.6) is 5.75 Å². The maximum Gasteiger partial charge on any atom is 0.251 e. The van der Waals surface area contributed by atoms with Gasteiger partial charge in [-0.25, -0.2) is 4.99 Å². The van der Waals surface area contributed by atoms with E-state index in [2.05, 4.69) is 23.2 Å². The van der Waals surface area contributed by atoms with Crippen LogP contribution in [0.15, 0.2) is 17.1 Å². The first kappa shape index (κ1) is 24.1. The third-order valence-electron chi connectivity index (χ3n) is 6.44. The Bertz CT molecular complexity index is 787. The van der Waals surface area contributed by atoms with Crippen molar-refractivity contribution in [2.24, 2.45) is 4.99 Å². The van der Waals surface area contributed by atoms with Crippen LogP contribution in [0.25, 0.3) is 0 Å². The van der Waals surface area contributed by atoms with E-state index in [0.29, 0.717) is 32.0 Å². The van der Waals surface area contributed by atoms with Gasteiger partial charge in [0.05, 0.1) is 6.54 Å². The van der Waals surface area contributed by atoms with Gasteiger partial charge in [0.25, 0.3) is 5.91 Å². The van der Waals surface area contributed by atoms with Crippen LogP contribution in [-0.4, -0.2) is 72.2 Å². The van der Waals surface area contributed by atoms with E-state index in [4.69, 9.17) is 9.73 Å². The number of halogens is 1. The Labute approximate surface area is 202 Å². The van der Waals surface area contributed by atoms with Gasteiger partial charge in [0.15, 0.2) is 5.96 Å². The van der Waals surface area contributed by atoms with E-state index in [-0.39, 0.29) is 36.0 Å². The fourth-order valence-corrected chi connectivity index (χ4v) is 4.76. The number of amides is 1. The van der Waals surface area contributed by atoms with E-state index in [1.807, 2.05) is 11.0 Å². The number of hydrogen-bond donors (Lipinski definition) is 2. The lowest BCUT2D eigenvalue weighted by Crippen LogP contribution is -2.55. The van der Waals surface area contributed by atoms with Crippen molar-refractivity contribution in [1.29, 1.82) is 0 Å². The molecule has 2 fully saturated rings. The Morgan fingerprint density at radius 2 is 1.90 bits per heavy atom. The van der Waals surface area contributed by atoms with Crippen LogP contribution in [0.4, 0.5) is 0 Å². The zero-order valence-electron chi connectivity index (χ0n) is 18.4. The van der Waals surface area contributed by atoms with Crippen molar-refractivity contribution in [3.63, 3.8) is 0 Å². The molecule has 1 unspecified atom stereocenters. The monoisotopic (exact) mass is 542 g/mol. The third-order valence-corrected chi connectivity index (χ3v) is 6.44. The van der Waals surface area contributed by atoms with Crippen molar-refractivity contribution < 1.29 is 14.6 Å². The van der Waals surface area contributed by atoms with Crippen LogP contribution in [-0.2, 0) is 28.9 Å². The summed E-state index contributed by atoms with van der Waals surface area (Å²) in [7, 11) is 0. The number of benzene rings is 1. The largest absolute Gasteiger partial charge is 0.508 e. The van der Waals surface area contributed by atoms with Gasteiger partial charge in [-0.15, -0.1) is 24.0 Å². The molecule has 7 nitrogen and oxygen atoms in total. The molecule has 2 heterocycles. The standard InChI is InChI=1S/C23H34N4O3.HI/c1-2-24-23(25-16-19-18-7-4-3-6-17(18)9-10-20(19)28)27-13-11-26(12-14-27)22(29)21-8-5-15-30-21;/h9-10,21,28H,2-8,11-16H2,1H3,(H,24,25);1H. The van der Waals surface area contributed by atoms with E-state index in [0.717, 1.165) is 56.8 Å². The number of piperazine rings is 1. The summed E-state index contributed by atoms with van der Waals surface area (Å²) in [5.41, 5.74) is 3.61. The molecule has 8 heteroatoms. The topological polar surface area (TPSA) is 77.4 Å². The van der Waals surface area contributed by atoms with E-state index < -0.39 is 0 Å². The molecule has 1 aromatic carbocycles. The Morgan fingerprint density at radius 3 is 2.61 bits per heavy atom. The number of nitrogens with zero attached hydrogens (tertiary/aromatic N) is 3. The van der Waals surface area contributed by atoms with Crippen molar-refractivity contribution in [1.82, 2.24) is 15.1 Å². The van der Waals surface area contributed by atoms with Gasteiger partial charge in [0, 0.05) is 44.9 Å². The van der Waals surface area contributed by atoms with E-state index in [1.54, 1.807) is 0 Å². The quantitative estimate of drug-likeness (QED) is 0.348. The highest BCUT2D eigenvalue weighted by atomic mass is 127. The first-order chi connectivity index (χ1) is 14.7. The normalized spacial score (nSPS) is 21.5. The van der Waals surface area contributed by atoms with Gasteiger partial charge in [-0.3, -0.25) is 4.79 Å². The summed E-state index contributed by atoms with van der Waals surface area (Å²) >= 11 is 0. The summed E-state index contributed by atoms with van der Waals surface area (Å²) in [5.74, 6) is 1.34. The van der Waals surface area contributed by atoms with Crippen LogP contribution >= 0.6 is 24.0 Å². The number of guanidine groups is 1. The molecule has 31 heavy (non-hydrogen) atoms. The number of carbonyl (C=O) groups is 1. The Kier molecular flexibility index (Phi) is 8.83. The minimum Gasteiger partial charge on any atom is -0.508 e. The highest BCUT2D eigenvalue weighted by Gasteiger charge is 2.31. The second-order valence-electron chi connectivity index (χ2n) is 8.39. The molecule has 172 valence electrons. The van der Waals surface area contributed by atoms with Crippen molar-refractivity contribution in [3.05, 3.63) is 28.8 Å². The third kappa shape index (κ3) is 5.63. The van der Waals surface area contributed by atoms with Gasteiger partial charge >= 0.3 is 0 Å². The molecule has 2 N–H and O–H groups in total. The summed E-state index contributed by atoms with van der Waals surface area (Å²) in [4.78, 5) is 21.6. The number of rotatable bonds is 4. The average Bonchev–Trinajstić information content (AvgIpc) is 3.32. The molecule has 4 rings (SSSR count). The molecule has 0 aromatic heterocycles. The number of fused-ring (bicyclic) bond motifs is 1. The lowest BCUT2D eigenvalue weighted by atomic mass is 9.88. The molecule has 0 saturated carbocycles. The molecule has 3 aliphatic rings. The van der Waals surface area contributed by atoms with E-state index >= 15 is 0 Å². The number of phenolic OH excluding ortho intramolecular Hbond substituents is 1. The second-order valence-corrected chi connectivity index (χ2v) is 8.39. The van der Waals surface area contributed by atoms with E-state index in [1.165, 1.54) is 24.0 Å². The van der Waals surface area contributed by atoms with Crippen LogP contribution in [0.2, 0.25) is 0 Å². The first-order valence-corrected chi connectivity index (χ1v) is 11.4. The fourth-order valence-electron chi connectivity index (χ4n) is 4.76. The van der Waals surface area contributed by atoms with Gasteiger partial charge in [-0.05, 0) is 62.6 Å². The molecule has 0 spiro atoms. The number of aryl methyl sites for hydroxylation is 1. The highest BCUT2D eigenvalue weighted by Crippen LogP contribution is 2.31. The molecule has 1 atom stereocenters. The molecule has 2 saturated heterocycles. The zero-order chi connectivity index (χ0) is 20.9. The number of aliphatic imine (C=N–C) groups is 1. The van der Waals surface area contributed by atoms with Crippen molar-refractivity contribution >= 4 is 35.8 Å². The van der Waals surface area contributed by atoms with E-state index in [9.17, 15) is 9.90 Å². The lowest BCUT2D eigenvalue weighted by Gasteiger charge is -2.37. The zero-order valence-corrected chi connectivity index (χ0v) is 20.8. The fraction of sp³-hybridized carbons (Fsp3) is 0.652. The Morgan fingerprint density at radius 1 is 1.16 bits per heavy atom. The van der Waals surface area contributed by atoms with Gasteiger partial charge < -0.3 is 25.0 Å². The molecular weight excluding hydrogens is 507 g/mol. The van der Waals surface area contributed by atoms with Gasteiger partial charge in [-0.2, -0.15) is 0 Å². The molecule has 2 aliphatic heterocycles. The number of carbonyl (C=O) groups excluding carboxylic acids is 1. The van der Waals surface area contributed by atoms with Crippen molar-refractivity contribution in [3.8, 4) is 5.75 Å². The van der Waals surface area contributed by atoms with Crippen LogP contribution in [0, 0.1) is 0 Å². The minimum absolute atomic E-state index is 0. The predicted molar refractivity (Wildman–Crippen MR) is 132 cm³/mol. The second kappa shape index (κ2) is 11.4. The maximum absolute atomic E-state index is 12.6. The number of ether oxygens (including phenoxy) is 1. The number of hydrogen-bond acceptors (Lipinski definition) is 4. The maximum atomic E-state index is 12.6. The summed E-state index contributed by atoms with van der Waals surface area (Å²) in [6.45, 7) is 6.91. The first-order valence-electron chi connectivity index (χ1n) is 11.4. The lowest BCUT2D eigenvalue weighted by molar-refractivity contribution is -0.142. The summed E-state index contributed by atoms with van der Waals surface area (Å²) < 4.78 is 5.56. The van der Waals surface area contributed by atoms with Crippen LogP contribution in [0.3, 0.4) is 0 Å². The average molecular weight is 542 g/mol. The summed E-state index contributed by atoms with van der Waals surface area (Å²) in [6.07, 6.45) is 6.08. The number of phenols is 1. The molecule has 1 amide bonds. The van der Waals surface area contributed by atoms with Gasteiger partial charge in [-0.1, -0.05) is 6.07 Å². The SMILES string of the molecule is CCNC(=NCc1c(O)ccc2c1CCCC2)N1CCN(C(=O)C2CCCO2)CC1.I.